The highest BCUT2D eigenvalue weighted by molar-refractivity contribution is 6.28. The maximum atomic E-state index is 14.0. The van der Waals surface area contributed by atoms with Gasteiger partial charge in [0.2, 0.25) is 0 Å². The number of carbonyl (C=O) groups is 4. The highest BCUT2D eigenvalue weighted by Gasteiger charge is 2.33. The fourth-order valence-electron chi connectivity index (χ4n) is 6.99. The molecule has 50 heavy (non-hydrogen) atoms. The van der Waals surface area contributed by atoms with E-state index in [1.165, 1.54) is 0 Å². The average molecular weight is 689 g/mol. The van der Waals surface area contributed by atoms with Crippen LogP contribution < -0.4 is 0 Å². The lowest BCUT2D eigenvalue weighted by atomic mass is 9.74. The monoisotopic (exact) mass is 688 g/mol. The van der Waals surface area contributed by atoms with E-state index < -0.39 is 0 Å². The van der Waals surface area contributed by atoms with Crippen molar-refractivity contribution in [2.45, 2.75) is 156 Å². The van der Waals surface area contributed by atoms with E-state index in [0.29, 0.717) is 73.0 Å². The minimum Gasteiger partial charge on any atom is -0.465 e. The van der Waals surface area contributed by atoms with Gasteiger partial charge in [0.25, 0.3) is 0 Å². The second-order valence-corrected chi connectivity index (χ2v) is 15.9. The molecule has 0 N–H and O–H groups in total. The third-order valence-corrected chi connectivity index (χ3v) is 11.0. The van der Waals surface area contributed by atoms with Crippen LogP contribution in [0.2, 0.25) is 0 Å². The summed E-state index contributed by atoms with van der Waals surface area (Å²) in [7, 11) is 0. The molecule has 0 saturated carbocycles. The lowest BCUT2D eigenvalue weighted by Crippen LogP contribution is -2.25. The minimum atomic E-state index is -0.302. The molecule has 0 spiro atoms. The molecule has 3 rings (SSSR count). The lowest BCUT2D eigenvalue weighted by molar-refractivity contribution is -0.146. The zero-order valence-electron chi connectivity index (χ0n) is 32.4. The van der Waals surface area contributed by atoms with Crippen molar-refractivity contribution in [1.82, 2.24) is 0 Å². The Hall–Kier alpha value is -3.28. The predicted octanol–water partition coefficient (Wildman–Crippen LogP) is 10.9. The molecule has 6 heteroatoms. The lowest BCUT2D eigenvalue weighted by Gasteiger charge is -2.29. The van der Waals surface area contributed by atoms with Crippen molar-refractivity contribution in [2.24, 2.45) is 11.8 Å². The molecule has 2 aromatic rings. The highest BCUT2D eigenvalue weighted by atomic mass is 16.5. The van der Waals surface area contributed by atoms with Gasteiger partial charge in [-0.2, -0.15) is 0 Å². The van der Waals surface area contributed by atoms with E-state index in [-0.39, 0.29) is 34.3 Å². The Morgan fingerprint density at radius 1 is 0.580 bits per heavy atom. The molecule has 0 amide bonds. The molecule has 2 atom stereocenters. The summed E-state index contributed by atoms with van der Waals surface area (Å²) in [5.74, 6) is 0.266. The molecular formula is C44H64O6. The molecule has 0 fully saturated rings. The number of benzene rings is 2. The van der Waals surface area contributed by atoms with Gasteiger partial charge in [0.05, 0.1) is 13.2 Å². The zero-order chi connectivity index (χ0) is 36.9. The van der Waals surface area contributed by atoms with Gasteiger partial charge in [0.1, 0.15) is 0 Å². The number of hydrogen-bond donors (Lipinski definition) is 0. The number of esters is 2. The number of carbonyl (C=O) groups excluding carboxylic acids is 4. The number of fused-ring (bicyclic) bond motifs is 2. The maximum Gasteiger partial charge on any atom is 0.305 e. The first-order valence-electron chi connectivity index (χ1n) is 19.5. The largest absolute Gasteiger partial charge is 0.465 e. The van der Waals surface area contributed by atoms with Crippen molar-refractivity contribution < 1.29 is 28.7 Å². The summed E-state index contributed by atoms with van der Waals surface area (Å²) in [5.41, 5.74) is 3.08. The molecule has 0 bridgehead atoms. The van der Waals surface area contributed by atoms with Gasteiger partial charge in [-0.05, 0) is 96.6 Å². The third-order valence-electron chi connectivity index (χ3n) is 11.0. The van der Waals surface area contributed by atoms with E-state index in [1.807, 2.05) is 24.3 Å². The summed E-state index contributed by atoms with van der Waals surface area (Å²) in [4.78, 5) is 52.6. The number of rotatable bonds is 22. The first kappa shape index (κ1) is 41.1. The first-order chi connectivity index (χ1) is 23.8. The fraction of sp³-hybridized carbons (Fsp3) is 0.636. The van der Waals surface area contributed by atoms with Crippen LogP contribution in [0.5, 0.6) is 0 Å². The SMILES string of the molecule is CCCCC(CC)COC(=O)CCCC(C)(C)c1ccc2c(c1)C(=O)c1cc(C(C)(C)CCCC(=O)OCC(CC)CCCC)ccc1C2=O. The van der Waals surface area contributed by atoms with Crippen LogP contribution in [-0.2, 0) is 29.9 Å². The molecule has 1 aliphatic rings. The van der Waals surface area contributed by atoms with Gasteiger partial charge in [-0.25, -0.2) is 0 Å². The van der Waals surface area contributed by atoms with Crippen molar-refractivity contribution in [3.63, 3.8) is 0 Å². The van der Waals surface area contributed by atoms with E-state index in [9.17, 15) is 19.2 Å². The second kappa shape index (κ2) is 19.4. The number of hydrogen-bond acceptors (Lipinski definition) is 6. The Labute approximate surface area is 302 Å². The Kier molecular flexibility index (Phi) is 15.9. The zero-order valence-corrected chi connectivity index (χ0v) is 32.4. The molecule has 0 aliphatic heterocycles. The average Bonchev–Trinajstić information content (AvgIpc) is 3.10. The van der Waals surface area contributed by atoms with E-state index >= 15 is 0 Å². The van der Waals surface area contributed by atoms with Crippen LogP contribution in [0.1, 0.15) is 188 Å². The quantitative estimate of drug-likeness (QED) is 0.0977. The number of ether oxygens (including phenoxy) is 2. The van der Waals surface area contributed by atoms with Gasteiger partial charge in [0.15, 0.2) is 11.6 Å². The van der Waals surface area contributed by atoms with Gasteiger partial charge >= 0.3 is 11.9 Å². The minimum absolute atomic E-state index is 0.137. The van der Waals surface area contributed by atoms with Crippen molar-refractivity contribution in [2.75, 3.05) is 13.2 Å². The fourth-order valence-corrected chi connectivity index (χ4v) is 6.99. The summed E-state index contributed by atoms with van der Waals surface area (Å²) in [6, 6.07) is 11.2. The predicted molar refractivity (Wildman–Crippen MR) is 202 cm³/mol. The summed E-state index contributed by atoms with van der Waals surface area (Å²) in [6.07, 6.45) is 12.4. The van der Waals surface area contributed by atoms with Crippen LogP contribution >= 0.6 is 0 Å². The third kappa shape index (κ3) is 11.4. The number of ketones is 2. The molecule has 0 aromatic heterocycles. The Morgan fingerprint density at radius 2 is 0.960 bits per heavy atom. The second-order valence-electron chi connectivity index (χ2n) is 15.9. The molecular weight excluding hydrogens is 624 g/mol. The Morgan fingerprint density at radius 3 is 1.32 bits per heavy atom. The molecule has 6 nitrogen and oxygen atoms in total. The van der Waals surface area contributed by atoms with Crippen LogP contribution in [0.4, 0.5) is 0 Å². The van der Waals surface area contributed by atoms with Crippen molar-refractivity contribution in [3.8, 4) is 0 Å². The van der Waals surface area contributed by atoms with Gasteiger partial charge in [-0.3, -0.25) is 19.2 Å². The van der Waals surface area contributed by atoms with Gasteiger partial charge in [0, 0.05) is 35.1 Å². The number of unbranched alkanes of at least 4 members (excludes halogenated alkanes) is 2. The summed E-state index contributed by atoms with van der Waals surface area (Å²) in [5, 5.41) is 0. The van der Waals surface area contributed by atoms with E-state index in [1.54, 1.807) is 12.1 Å². The molecule has 2 aromatic carbocycles. The molecule has 1 aliphatic carbocycles. The molecule has 0 saturated heterocycles. The van der Waals surface area contributed by atoms with Crippen molar-refractivity contribution >= 4 is 23.5 Å². The standard InChI is InChI=1S/C44H64O6/c1-9-13-17-31(11-3)29-49-39(45)19-15-25-43(5,6)33-21-23-35-37(27-33)42(48)38-28-34(22-24-36(38)41(35)47)44(7,8)26-16-20-40(46)50-30-32(12-4)18-14-10-2/h21-24,27-28,31-32H,9-20,25-26,29-30H2,1-8H3. The smallest absolute Gasteiger partial charge is 0.305 e. The van der Waals surface area contributed by atoms with Crippen LogP contribution in [-0.4, -0.2) is 36.7 Å². The van der Waals surface area contributed by atoms with Gasteiger partial charge < -0.3 is 9.47 Å². The maximum absolute atomic E-state index is 14.0. The molecule has 2 unspecified atom stereocenters. The topological polar surface area (TPSA) is 86.7 Å². The van der Waals surface area contributed by atoms with Gasteiger partial charge in [-0.15, -0.1) is 0 Å². The van der Waals surface area contributed by atoms with E-state index in [4.69, 9.17) is 9.47 Å². The van der Waals surface area contributed by atoms with Crippen LogP contribution in [0.3, 0.4) is 0 Å². The summed E-state index contributed by atoms with van der Waals surface area (Å²) in [6.45, 7) is 18.1. The Balaban J connectivity index is 1.63. The van der Waals surface area contributed by atoms with E-state index in [0.717, 1.165) is 75.3 Å². The van der Waals surface area contributed by atoms with E-state index in [2.05, 4.69) is 55.4 Å². The molecule has 0 heterocycles. The van der Waals surface area contributed by atoms with Crippen LogP contribution in [0.25, 0.3) is 0 Å². The summed E-state index contributed by atoms with van der Waals surface area (Å²) < 4.78 is 11.2. The highest BCUT2D eigenvalue weighted by Crippen LogP contribution is 2.37. The molecule has 0 radical (unpaired) electrons. The van der Waals surface area contributed by atoms with Crippen molar-refractivity contribution in [3.05, 3.63) is 69.8 Å². The normalized spacial score (nSPS) is 14.2. The Bertz CT molecular complexity index is 1340. The van der Waals surface area contributed by atoms with Crippen LogP contribution in [0.15, 0.2) is 36.4 Å². The first-order valence-corrected chi connectivity index (χ1v) is 19.5. The summed E-state index contributed by atoms with van der Waals surface area (Å²) >= 11 is 0. The van der Waals surface area contributed by atoms with Crippen molar-refractivity contribution in [1.29, 1.82) is 0 Å². The molecule has 276 valence electrons. The van der Waals surface area contributed by atoms with Gasteiger partial charge in [-0.1, -0.05) is 106 Å². The van der Waals surface area contributed by atoms with Crippen LogP contribution in [0, 0.1) is 11.8 Å².